The van der Waals surface area contributed by atoms with Gasteiger partial charge in [0, 0.05) is 56.0 Å². The van der Waals surface area contributed by atoms with Crippen molar-refractivity contribution in [3.05, 3.63) is 23.0 Å². The number of aryl methyl sites for hydroxylation is 2. The Labute approximate surface area is 116 Å². The van der Waals surface area contributed by atoms with Crippen LogP contribution in [0.5, 0.6) is 0 Å². The molecule has 2 heterocycles. The molecule has 19 heavy (non-hydrogen) atoms. The molecule has 2 rings (SSSR count). The van der Waals surface area contributed by atoms with E-state index >= 15 is 0 Å². The van der Waals surface area contributed by atoms with Gasteiger partial charge >= 0.3 is 0 Å². The van der Waals surface area contributed by atoms with Gasteiger partial charge in [-0.25, -0.2) is 0 Å². The highest BCUT2D eigenvalue weighted by Crippen LogP contribution is 2.28. The molecule has 0 unspecified atom stereocenters. The summed E-state index contributed by atoms with van der Waals surface area (Å²) in [5.41, 5.74) is 10.5. The first-order valence-corrected chi connectivity index (χ1v) is 7.06. The fraction of sp³-hybridized carbons (Fsp3) is 0.667. The fourth-order valence-corrected chi connectivity index (χ4v) is 2.95. The number of hydrogen-bond acceptors (Lipinski definition) is 4. The van der Waals surface area contributed by atoms with Crippen LogP contribution in [-0.2, 0) is 11.3 Å². The average molecular weight is 263 g/mol. The summed E-state index contributed by atoms with van der Waals surface area (Å²) in [6.45, 7) is 7.72. The summed E-state index contributed by atoms with van der Waals surface area (Å²) in [7, 11) is 1.79. The Kier molecular flexibility index (Phi) is 4.77. The lowest BCUT2D eigenvalue weighted by Crippen LogP contribution is -2.36. The smallest absolute Gasteiger partial charge is 0.0491 e. The van der Waals surface area contributed by atoms with Gasteiger partial charge in [0.25, 0.3) is 0 Å². The molecule has 1 aromatic heterocycles. The van der Waals surface area contributed by atoms with Gasteiger partial charge in [0.15, 0.2) is 0 Å². The Balaban J connectivity index is 2.15. The van der Waals surface area contributed by atoms with Gasteiger partial charge < -0.3 is 15.4 Å². The lowest BCUT2D eigenvalue weighted by Gasteiger charge is -2.35. The fourth-order valence-electron chi connectivity index (χ4n) is 2.95. The standard InChI is InChI=1S/C15H25N3O/c1-11-8-15(14(9-16)12(2)17-11)18-6-4-13(5-7-18)10-19-3/h8,13H,4-7,9-10,16H2,1-3H3. The number of aromatic nitrogens is 1. The van der Waals surface area contributed by atoms with Crippen molar-refractivity contribution >= 4 is 5.69 Å². The van der Waals surface area contributed by atoms with Crippen molar-refractivity contribution in [2.45, 2.75) is 33.2 Å². The number of anilines is 1. The van der Waals surface area contributed by atoms with Crippen molar-refractivity contribution in [3.8, 4) is 0 Å². The first-order valence-electron chi connectivity index (χ1n) is 7.06. The molecule has 0 radical (unpaired) electrons. The molecule has 4 nitrogen and oxygen atoms in total. The van der Waals surface area contributed by atoms with Crippen molar-refractivity contribution in [1.82, 2.24) is 4.98 Å². The van der Waals surface area contributed by atoms with Crippen molar-refractivity contribution < 1.29 is 4.74 Å². The number of hydrogen-bond donors (Lipinski definition) is 1. The second kappa shape index (κ2) is 6.35. The molecule has 1 aromatic rings. The molecule has 0 bridgehead atoms. The number of methoxy groups -OCH3 is 1. The second-order valence-corrected chi connectivity index (χ2v) is 5.44. The van der Waals surface area contributed by atoms with Gasteiger partial charge in [0.2, 0.25) is 0 Å². The number of pyridine rings is 1. The van der Waals surface area contributed by atoms with E-state index < -0.39 is 0 Å². The summed E-state index contributed by atoms with van der Waals surface area (Å²) in [6, 6.07) is 2.17. The van der Waals surface area contributed by atoms with Crippen LogP contribution in [0.25, 0.3) is 0 Å². The molecular formula is C15H25N3O. The van der Waals surface area contributed by atoms with Gasteiger partial charge in [-0.1, -0.05) is 0 Å². The molecule has 1 saturated heterocycles. The minimum Gasteiger partial charge on any atom is -0.384 e. The lowest BCUT2D eigenvalue weighted by atomic mass is 9.96. The van der Waals surface area contributed by atoms with Crippen LogP contribution < -0.4 is 10.6 Å². The van der Waals surface area contributed by atoms with Crippen molar-refractivity contribution in [1.29, 1.82) is 0 Å². The molecule has 4 heteroatoms. The van der Waals surface area contributed by atoms with Gasteiger partial charge in [0.05, 0.1) is 0 Å². The molecule has 0 amide bonds. The second-order valence-electron chi connectivity index (χ2n) is 5.44. The molecule has 0 saturated carbocycles. The minimum atomic E-state index is 0.562. The normalized spacial score (nSPS) is 16.9. The van der Waals surface area contributed by atoms with Crippen LogP contribution in [0.3, 0.4) is 0 Å². The van der Waals surface area contributed by atoms with Crippen LogP contribution in [0.2, 0.25) is 0 Å². The monoisotopic (exact) mass is 263 g/mol. The quantitative estimate of drug-likeness (QED) is 0.903. The van der Waals surface area contributed by atoms with E-state index in [1.165, 1.54) is 24.1 Å². The highest BCUT2D eigenvalue weighted by atomic mass is 16.5. The summed E-state index contributed by atoms with van der Waals surface area (Å²) in [5, 5.41) is 0. The third kappa shape index (κ3) is 3.25. The Morgan fingerprint density at radius 2 is 2.05 bits per heavy atom. The van der Waals surface area contributed by atoms with Crippen LogP contribution in [-0.4, -0.2) is 31.8 Å². The van der Waals surface area contributed by atoms with E-state index in [4.69, 9.17) is 10.5 Å². The van der Waals surface area contributed by atoms with Crippen molar-refractivity contribution in [2.24, 2.45) is 11.7 Å². The highest BCUT2D eigenvalue weighted by Gasteiger charge is 2.21. The van der Waals surface area contributed by atoms with Gasteiger partial charge in [-0.05, 0) is 38.7 Å². The highest BCUT2D eigenvalue weighted by molar-refractivity contribution is 5.56. The molecule has 0 atom stereocenters. The number of nitrogens with two attached hydrogens (primary N) is 1. The number of ether oxygens (including phenoxy) is 1. The van der Waals surface area contributed by atoms with E-state index in [1.54, 1.807) is 7.11 Å². The average Bonchev–Trinajstić information content (AvgIpc) is 2.39. The van der Waals surface area contributed by atoms with E-state index in [2.05, 4.69) is 29.8 Å². The zero-order valence-corrected chi connectivity index (χ0v) is 12.3. The number of piperidine rings is 1. The molecular weight excluding hydrogens is 238 g/mol. The molecule has 0 spiro atoms. The number of nitrogens with zero attached hydrogens (tertiary/aromatic N) is 2. The van der Waals surface area contributed by atoms with Gasteiger partial charge in [-0.2, -0.15) is 0 Å². The Morgan fingerprint density at radius 1 is 1.37 bits per heavy atom. The van der Waals surface area contributed by atoms with E-state index in [0.717, 1.165) is 31.1 Å². The zero-order valence-electron chi connectivity index (χ0n) is 12.3. The topological polar surface area (TPSA) is 51.4 Å². The lowest BCUT2D eigenvalue weighted by molar-refractivity contribution is 0.139. The molecule has 106 valence electrons. The summed E-state index contributed by atoms with van der Waals surface area (Å²) < 4.78 is 5.26. The van der Waals surface area contributed by atoms with Crippen LogP contribution in [0.4, 0.5) is 5.69 Å². The summed E-state index contributed by atoms with van der Waals surface area (Å²) >= 11 is 0. The third-order valence-electron chi connectivity index (χ3n) is 4.00. The van der Waals surface area contributed by atoms with Crippen LogP contribution in [0.1, 0.15) is 29.8 Å². The van der Waals surface area contributed by atoms with E-state index in [9.17, 15) is 0 Å². The molecule has 0 aromatic carbocycles. The molecule has 2 N–H and O–H groups in total. The Bertz CT molecular complexity index is 426. The first-order chi connectivity index (χ1) is 9.15. The van der Waals surface area contributed by atoms with Crippen LogP contribution in [0.15, 0.2) is 6.07 Å². The van der Waals surface area contributed by atoms with Crippen molar-refractivity contribution in [3.63, 3.8) is 0 Å². The summed E-state index contributed by atoms with van der Waals surface area (Å²) in [5.74, 6) is 0.701. The van der Waals surface area contributed by atoms with E-state index in [1.807, 2.05) is 0 Å². The van der Waals surface area contributed by atoms with Crippen molar-refractivity contribution in [2.75, 3.05) is 31.7 Å². The van der Waals surface area contributed by atoms with Gasteiger partial charge in [0.1, 0.15) is 0 Å². The van der Waals surface area contributed by atoms with Crippen LogP contribution in [0, 0.1) is 19.8 Å². The third-order valence-corrected chi connectivity index (χ3v) is 4.00. The van der Waals surface area contributed by atoms with E-state index in [-0.39, 0.29) is 0 Å². The molecule has 0 aliphatic carbocycles. The SMILES string of the molecule is COCC1CCN(c2cc(C)nc(C)c2CN)CC1. The van der Waals surface area contributed by atoms with Gasteiger partial charge in [-0.3, -0.25) is 4.98 Å². The first kappa shape index (κ1) is 14.3. The zero-order chi connectivity index (χ0) is 13.8. The Hall–Kier alpha value is -1.13. The molecule has 1 aliphatic heterocycles. The predicted molar refractivity (Wildman–Crippen MR) is 78.4 cm³/mol. The maximum absolute atomic E-state index is 5.90. The Morgan fingerprint density at radius 3 is 2.63 bits per heavy atom. The minimum absolute atomic E-state index is 0.562. The maximum Gasteiger partial charge on any atom is 0.0491 e. The van der Waals surface area contributed by atoms with E-state index in [0.29, 0.717) is 12.5 Å². The number of rotatable bonds is 4. The largest absolute Gasteiger partial charge is 0.384 e. The summed E-state index contributed by atoms with van der Waals surface area (Å²) in [4.78, 5) is 6.97. The maximum atomic E-state index is 5.90. The summed E-state index contributed by atoms with van der Waals surface area (Å²) in [6.07, 6.45) is 2.39. The molecule has 1 aliphatic rings. The van der Waals surface area contributed by atoms with Gasteiger partial charge in [-0.15, -0.1) is 0 Å². The molecule has 1 fully saturated rings. The van der Waals surface area contributed by atoms with Crippen LogP contribution >= 0.6 is 0 Å². The predicted octanol–water partition coefficient (Wildman–Crippen LogP) is 2.02.